The lowest BCUT2D eigenvalue weighted by molar-refractivity contribution is 0.102. The highest BCUT2D eigenvalue weighted by Gasteiger charge is 2.10. The molecule has 0 fully saturated rings. The van der Waals surface area contributed by atoms with Gasteiger partial charge in [-0.1, -0.05) is 0 Å². The summed E-state index contributed by atoms with van der Waals surface area (Å²) in [5.74, 6) is 0.356. The number of nitrogens with zero attached hydrogens (tertiary/aromatic N) is 1. The van der Waals surface area contributed by atoms with Crippen molar-refractivity contribution in [2.45, 2.75) is 6.92 Å². The first-order valence-electron chi connectivity index (χ1n) is 6.24. The first kappa shape index (κ1) is 13.9. The summed E-state index contributed by atoms with van der Waals surface area (Å²) in [6, 6.07) is 9.05. The van der Waals surface area contributed by atoms with E-state index in [9.17, 15) is 4.79 Å². The first-order valence-corrected chi connectivity index (χ1v) is 6.24. The lowest BCUT2D eigenvalue weighted by Crippen LogP contribution is -2.13. The molecule has 0 bridgehead atoms. The maximum atomic E-state index is 12.2. The van der Waals surface area contributed by atoms with E-state index in [0.717, 1.165) is 11.3 Å². The number of carbonyl (C=O) groups excluding carboxylic acids is 1. The van der Waals surface area contributed by atoms with Crippen LogP contribution in [-0.2, 0) is 0 Å². The quantitative estimate of drug-likeness (QED) is 0.897. The number of pyridine rings is 1. The van der Waals surface area contributed by atoms with Crippen LogP contribution in [0.2, 0.25) is 0 Å². The van der Waals surface area contributed by atoms with Gasteiger partial charge in [-0.15, -0.1) is 0 Å². The van der Waals surface area contributed by atoms with Gasteiger partial charge in [-0.05, 0) is 36.8 Å². The number of hydrogen-bond acceptors (Lipinski definition) is 4. The Morgan fingerprint density at radius 1 is 1.20 bits per heavy atom. The Morgan fingerprint density at radius 2 is 1.95 bits per heavy atom. The van der Waals surface area contributed by atoms with E-state index in [-0.39, 0.29) is 5.91 Å². The fraction of sp³-hybridized carbons (Fsp3) is 0.200. The fourth-order valence-electron chi connectivity index (χ4n) is 1.85. The molecule has 0 radical (unpaired) electrons. The molecule has 2 aromatic rings. The summed E-state index contributed by atoms with van der Waals surface area (Å²) in [5, 5.41) is 5.85. The van der Waals surface area contributed by atoms with Crippen LogP contribution in [0.25, 0.3) is 0 Å². The van der Waals surface area contributed by atoms with E-state index in [1.54, 1.807) is 31.5 Å². The molecule has 104 valence electrons. The second-order valence-corrected chi connectivity index (χ2v) is 4.32. The molecule has 0 aliphatic heterocycles. The van der Waals surface area contributed by atoms with Crippen molar-refractivity contribution in [3.05, 3.63) is 47.7 Å². The Labute approximate surface area is 118 Å². The highest BCUT2D eigenvalue weighted by Crippen LogP contribution is 2.17. The van der Waals surface area contributed by atoms with Crippen molar-refractivity contribution in [3.8, 4) is 5.88 Å². The van der Waals surface area contributed by atoms with E-state index in [0.29, 0.717) is 17.1 Å². The monoisotopic (exact) mass is 271 g/mol. The number of rotatable bonds is 4. The van der Waals surface area contributed by atoms with E-state index in [1.807, 2.05) is 26.1 Å². The van der Waals surface area contributed by atoms with Gasteiger partial charge in [0.05, 0.1) is 19.0 Å². The molecule has 0 atom stereocenters. The molecule has 1 aromatic heterocycles. The number of carbonyl (C=O) groups is 1. The standard InChI is InChI=1S/C15H17N3O2/c1-10-8-11(16-2)4-6-13(10)15(19)18-12-5-7-14(20-3)17-9-12/h4-9,16H,1-3H3,(H,18,19). The van der Waals surface area contributed by atoms with Gasteiger partial charge < -0.3 is 15.4 Å². The molecule has 0 spiro atoms. The number of benzene rings is 1. The van der Waals surface area contributed by atoms with Gasteiger partial charge in [-0.3, -0.25) is 4.79 Å². The third kappa shape index (κ3) is 3.06. The molecule has 1 aromatic carbocycles. The molecule has 0 saturated carbocycles. The van der Waals surface area contributed by atoms with Gasteiger partial charge in [-0.25, -0.2) is 4.98 Å². The number of amides is 1. The van der Waals surface area contributed by atoms with Crippen LogP contribution in [0.1, 0.15) is 15.9 Å². The molecule has 20 heavy (non-hydrogen) atoms. The summed E-state index contributed by atoms with van der Waals surface area (Å²) in [5.41, 5.74) is 3.16. The highest BCUT2D eigenvalue weighted by atomic mass is 16.5. The average molecular weight is 271 g/mol. The van der Waals surface area contributed by atoms with Gasteiger partial charge in [0.1, 0.15) is 0 Å². The predicted octanol–water partition coefficient (Wildman–Crippen LogP) is 2.69. The van der Waals surface area contributed by atoms with Gasteiger partial charge >= 0.3 is 0 Å². The van der Waals surface area contributed by atoms with Crippen LogP contribution in [-0.4, -0.2) is 25.0 Å². The fourth-order valence-corrected chi connectivity index (χ4v) is 1.85. The zero-order valence-electron chi connectivity index (χ0n) is 11.7. The molecule has 5 nitrogen and oxygen atoms in total. The summed E-state index contributed by atoms with van der Waals surface area (Å²) >= 11 is 0. The second kappa shape index (κ2) is 6.06. The first-order chi connectivity index (χ1) is 9.63. The maximum Gasteiger partial charge on any atom is 0.255 e. The molecular formula is C15H17N3O2. The molecule has 2 rings (SSSR count). The normalized spacial score (nSPS) is 9.95. The molecule has 0 aliphatic carbocycles. The third-order valence-corrected chi connectivity index (χ3v) is 2.96. The van der Waals surface area contributed by atoms with Crippen LogP contribution in [0.5, 0.6) is 5.88 Å². The van der Waals surface area contributed by atoms with Crippen molar-refractivity contribution in [2.75, 3.05) is 24.8 Å². The lowest BCUT2D eigenvalue weighted by atomic mass is 10.1. The molecule has 1 amide bonds. The molecule has 2 N–H and O–H groups in total. The second-order valence-electron chi connectivity index (χ2n) is 4.32. The minimum absolute atomic E-state index is 0.155. The highest BCUT2D eigenvalue weighted by molar-refractivity contribution is 6.05. The zero-order chi connectivity index (χ0) is 14.5. The number of methoxy groups -OCH3 is 1. The number of aryl methyl sites for hydroxylation is 1. The number of anilines is 2. The summed E-state index contributed by atoms with van der Waals surface area (Å²) in [4.78, 5) is 16.2. The Morgan fingerprint density at radius 3 is 2.50 bits per heavy atom. The van der Waals surface area contributed by atoms with Crippen LogP contribution in [0.15, 0.2) is 36.5 Å². The van der Waals surface area contributed by atoms with E-state index in [2.05, 4.69) is 15.6 Å². The molecule has 0 saturated heterocycles. The van der Waals surface area contributed by atoms with Crippen molar-refractivity contribution in [2.24, 2.45) is 0 Å². The van der Waals surface area contributed by atoms with Crippen molar-refractivity contribution in [1.82, 2.24) is 4.98 Å². The van der Waals surface area contributed by atoms with Crippen LogP contribution in [0, 0.1) is 6.92 Å². The number of hydrogen-bond donors (Lipinski definition) is 2. The van der Waals surface area contributed by atoms with Crippen molar-refractivity contribution >= 4 is 17.3 Å². The van der Waals surface area contributed by atoms with Crippen molar-refractivity contribution in [3.63, 3.8) is 0 Å². The van der Waals surface area contributed by atoms with E-state index in [4.69, 9.17) is 4.74 Å². The minimum Gasteiger partial charge on any atom is -0.481 e. The van der Waals surface area contributed by atoms with Crippen molar-refractivity contribution in [1.29, 1.82) is 0 Å². The predicted molar refractivity (Wildman–Crippen MR) is 79.5 cm³/mol. The Hall–Kier alpha value is -2.56. The van der Waals surface area contributed by atoms with Crippen LogP contribution < -0.4 is 15.4 Å². The molecule has 0 aliphatic rings. The topological polar surface area (TPSA) is 63.2 Å². The molecule has 5 heteroatoms. The summed E-state index contributed by atoms with van der Waals surface area (Å²) < 4.78 is 4.97. The third-order valence-electron chi connectivity index (χ3n) is 2.96. The van der Waals surface area contributed by atoms with E-state index in [1.165, 1.54) is 0 Å². The summed E-state index contributed by atoms with van der Waals surface area (Å²) in [7, 11) is 3.39. The van der Waals surface area contributed by atoms with E-state index < -0.39 is 0 Å². The Kier molecular flexibility index (Phi) is 4.20. The van der Waals surface area contributed by atoms with Gasteiger partial charge in [0.2, 0.25) is 5.88 Å². The smallest absolute Gasteiger partial charge is 0.255 e. The Balaban J connectivity index is 2.14. The van der Waals surface area contributed by atoms with Gasteiger partial charge in [0.15, 0.2) is 0 Å². The van der Waals surface area contributed by atoms with Crippen LogP contribution in [0.4, 0.5) is 11.4 Å². The van der Waals surface area contributed by atoms with Gasteiger partial charge in [0.25, 0.3) is 5.91 Å². The van der Waals surface area contributed by atoms with Gasteiger partial charge in [0, 0.05) is 24.4 Å². The molecule has 1 heterocycles. The number of aromatic nitrogens is 1. The maximum absolute atomic E-state index is 12.2. The Bertz CT molecular complexity index is 609. The largest absolute Gasteiger partial charge is 0.481 e. The summed E-state index contributed by atoms with van der Waals surface area (Å²) in [6.07, 6.45) is 1.56. The molecular weight excluding hydrogens is 254 g/mol. The van der Waals surface area contributed by atoms with Crippen LogP contribution >= 0.6 is 0 Å². The minimum atomic E-state index is -0.155. The van der Waals surface area contributed by atoms with Crippen LogP contribution in [0.3, 0.4) is 0 Å². The summed E-state index contributed by atoms with van der Waals surface area (Å²) in [6.45, 7) is 1.90. The SMILES string of the molecule is CNc1ccc(C(=O)Nc2ccc(OC)nc2)c(C)c1. The molecule has 0 unspecified atom stereocenters. The van der Waals surface area contributed by atoms with Crippen molar-refractivity contribution < 1.29 is 9.53 Å². The van der Waals surface area contributed by atoms with Gasteiger partial charge in [-0.2, -0.15) is 0 Å². The number of nitrogens with one attached hydrogen (secondary N) is 2. The number of ether oxygens (including phenoxy) is 1. The lowest BCUT2D eigenvalue weighted by Gasteiger charge is -2.09. The average Bonchev–Trinajstić information content (AvgIpc) is 2.47. The zero-order valence-corrected chi connectivity index (χ0v) is 11.7. The van der Waals surface area contributed by atoms with E-state index >= 15 is 0 Å².